The summed E-state index contributed by atoms with van der Waals surface area (Å²) in [5.41, 5.74) is 11.0. The summed E-state index contributed by atoms with van der Waals surface area (Å²) >= 11 is 0. The van der Waals surface area contributed by atoms with E-state index in [0.717, 1.165) is 61.5 Å². The van der Waals surface area contributed by atoms with Crippen LogP contribution in [0.3, 0.4) is 0 Å². The summed E-state index contributed by atoms with van der Waals surface area (Å²) in [7, 11) is 3.44. The normalized spacial score (nSPS) is 10.4. The molecule has 4 heteroatoms. The maximum atomic E-state index is 5.48. The molecular formula is C48H46N2O2. The van der Waals surface area contributed by atoms with Gasteiger partial charge in [-0.05, 0) is 81.9 Å². The summed E-state index contributed by atoms with van der Waals surface area (Å²) < 4.78 is 10.4. The van der Waals surface area contributed by atoms with E-state index in [0.29, 0.717) is 13.2 Å². The van der Waals surface area contributed by atoms with Crippen LogP contribution in [0.25, 0.3) is 0 Å². The Hall–Kier alpha value is -5.82. The van der Waals surface area contributed by atoms with Crippen molar-refractivity contribution < 1.29 is 9.47 Å². The van der Waals surface area contributed by atoms with E-state index in [1.54, 1.807) is 14.2 Å². The van der Waals surface area contributed by atoms with Gasteiger partial charge in [0.1, 0.15) is 0 Å². The second kappa shape index (κ2) is 21.4. The molecular weight excluding hydrogens is 637 g/mol. The minimum absolute atomic E-state index is 0.632. The average molecular weight is 683 g/mol. The van der Waals surface area contributed by atoms with Crippen LogP contribution in [0.4, 0.5) is 0 Å². The molecule has 0 aliphatic heterocycles. The molecule has 0 bridgehead atoms. The molecule has 0 aromatic heterocycles. The molecule has 5 aromatic carbocycles. The van der Waals surface area contributed by atoms with Crippen molar-refractivity contribution in [2.45, 2.75) is 39.3 Å². The fourth-order valence-electron chi connectivity index (χ4n) is 5.63. The molecule has 0 aliphatic carbocycles. The van der Waals surface area contributed by atoms with E-state index >= 15 is 0 Å². The lowest BCUT2D eigenvalue weighted by Crippen LogP contribution is -2.26. The highest BCUT2D eigenvalue weighted by Gasteiger charge is 2.10. The van der Waals surface area contributed by atoms with Crippen LogP contribution in [0.5, 0.6) is 0 Å². The van der Waals surface area contributed by atoms with Gasteiger partial charge >= 0.3 is 0 Å². The molecule has 0 fully saturated rings. The zero-order valence-corrected chi connectivity index (χ0v) is 30.2. The first kappa shape index (κ1) is 39.0. The topological polar surface area (TPSA) is 24.9 Å². The first-order chi connectivity index (χ1) is 25.4. The van der Waals surface area contributed by atoms with Gasteiger partial charge in [-0.3, -0.25) is 9.80 Å². The largest absolute Gasteiger partial charge is 0.383 e. The Morgan fingerprint density at radius 2 is 0.654 bits per heavy atom. The third-order valence-electron chi connectivity index (χ3n) is 8.46. The Morgan fingerprint density at radius 3 is 0.923 bits per heavy atom. The minimum Gasteiger partial charge on any atom is -0.383 e. The number of hydrogen-bond donors (Lipinski definition) is 0. The molecule has 0 saturated heterocycles. The highest BCUT2D eigenvalue weighted by atomic mass is 16.5. The molecule has 0 amide bonds. The predicted octanol–water partition coefficient (Wildman–Crippen LogP) is 8.30. The Kier molecular flexibility index (Phi) is 16.0. The number of rotatable bonds is 15. The zero-order chi connectivity index (χ0) is 37.0. The van der Waals surface area contributed by atoms with Crippen LogP contribution in [0, 0.1) is 49.4 Å². The van der Waals surface area contributed by atoms with E-state index in [1.807, 2.05) is 48.5 Å². The molecule has 0 unspecified atom stereocenters. The SMILES string of the molecule is C#Cc1ccc(CN(CCOC)Cc2ccc(C#C)cc2)cc1.C#Cc1ccc(CN(Cc2ccc(C#C)cc2)Cc2ccc(COC)cc2)cc1. The van der Waals surface area contributed by atoms with Gasteiger partial charge in [0.25, 0.3) is 0 Å². The Bertz CT molecular complexity index is 1850. The number of benzene rings is 5. The minimum atomic E-state index is 0.632. The first-order valence-electron chi connectivity index (χ1n) is 17.2. The first-order valence-corrected chi connectivity index (χ1v) is 17.2. The van der Waals surface area contributed by atoms with Gasteiger partial charge in [0.05, 0.1) is 13.2 Å². The lowest BCUT2D eigenvalue weighted by Gasteiger charge is -2.23. The number of terminal acetylenes is 4. The summed E-state index contributed by atoms with van der Waals surface area (Å²) in [6, 6.07) is 41.2. The second-order valence-electron chi connectivity index (χ2n) is 12.5. The molecule has 0 radical (unpaired) electrons. The summed E-state index contributed by atoms with van der Waals surface area (Å²) in [4.78, 5) is 4.76. The van der Waals surface area contributed by atoms with Gasteiger partial charge in [-0.15, -0.1) is 25.7 Å². The fourth-order valence-corrected chi connectivity index (χ4v) is 5.63. The number of nitrogens with zero attached hydrogens (tertiary/aromatic N) is 2. The smallest absolute Gasteiger partial charge is 0.0713 e. The van der Waals surface area contributed by atoms with Crippen LogP contribution >= 0.6 is 0 Å². The summed E-state index contributed by atoms with van der Waals surface area (Å²) in [5, 5.41) is 0. The molecule has 0 atom stereocenters. The Morgan fingerprint density at radius 1 is 0.385 bits per heavy atom. The van der Waals surface area contributed by atoms with Gasteiger partial charge in [-0.2, -0.15) is 0 Å². The van der Waals surface area contributed by atoms with Gasteiger partial charge in [0.15, 0.2) is 0 Å². The number of ether oxygens (including phenoxy) is 2. The van der Waals surface area contributed by atoms with E-state index in [1.165, 1.54) is 33.4 Å². The zero-order valence-electron chi connectivity index (χ0n) is 30.2. The van der Waals surface area contributed by atoms with E-state index in [2.05, 4.69) is 106 Å². The Labute approximate surface area is 311 Å². The van der Waals surface area contributed by atoms with Crippen molar-refractivity contribution in [3.8, 4) is 49.4 Å². The van der Waals surface area contributed by atoms with Gasteiger partial charge in [-0.1, -0.05) is 96.5 Å². The predicted molar refractivity (Wildman–Crippen MR) is 214 cm³/mol. The third kappa shape index (κ3) is 13.1. The van der Waals surface area contributed by atoms with Crippen molar-refractivity contribution in [1.82, 2.24) is 9.80 Å². The van der Waals surface area contributed by atoms with Crippen LogP contribution in [-0.2, 0) is 48.8 Å². The van der Waals surface area contributed by atoms with E-state index in [-0.39, 0.29) is 0 Å². The molecule has 0 N–H and O–H groups in total. The molecule has 0 spiro atoms. The van der Waals surface area contributed by atoms with Crippen molar-refractivity contribution in [3.63, 3.8) is 0 Å². The lowest BCUT2D eigenvalue weighted by atomic mass is 10.1. The summed E-state index contributed by atoms with van der Waals surface area (Å²) in [6.07, 6.45) is 21.8. The highest BCUT2D eigenvalue weighted by molar-refractivity contribution is 5.37. The Balaban J connectivity index is 0.000000239. The van der Waals surface area contributed by atoms with E-state index < -0.39 is 0 Å². The second-order valence-corrected chi connectivity index (χ2v) is 12.5. The van der Waals surface area contributed by atoms with Gasteiger partial charge in [0.2, 0.25) is 0 Å². The molecule has 4 nitrogen and oxygen atoms in total. The molecule has 0 saturated carbocycles. The van der Waals surface area contributed by atoms with Crippen LogP contribution < -0.4 is 0 Å². The van der Waals surface area contributed by atoms with Crippen molar-refractivity contribution in [3.05, 3.63) is 177 Å². The monoisotopic (exact) mass is 682 g/mol. The summed E-state index contributed by atoms with van der Waals surface area (Å²) in [5.74, 6) is 10.6. The summed E-state index contributed by atoms with van der Waals surface area (Å²) in [6.45, 7) is 6.42. The van der Waals surface area contributed by atoms with E-state index in [4.69, 9.17) is 35.2 Å². The van der Waals surface area contributed by atoms with Crippen molar-refractivity contribution in [2.24, 2.45) is 0 Å². The van der Waals surface area contributed by atoms with Crippen molar-refractivity contribution in [2.75, 3.05) is 27.4 Å². The molecule has 260 valence electrons. The van der Waals surface area contributed by atoms with Crippen LogP contribution in [-0.4, -0.2) is 37.2 Å². The maximum Gasteiger partial charge on any atom is 0.0713 e. The van der Waals surface area contributed by atoms with Crippen molar-refractivity contribution in [1.29, 1.82) is 0 Å². The molecule has 0 aliphatic rings. The standard InChI is InChI=1S/C27H25NO.C21H21NO/c1-4-22-6-10-24(11-7-22)18-28(19-25-12-8-23(5-2)9-13-25)20-26-14-16-27(17-15-26)21-29-3;1-4-18-6-10-20(11-7-18)16-22(14-15-23-3)17-21-12-8-19(5-2)9-13-21/h1-2,6-17H,18-21H2,3H3;1-2,6-13H,14-17H2,3H3. The number of methoxy groups -OCH3 is 2. The number of hydrogen-bond acceptors (Lipinski definition) is 4. The molecule has 5 aromatic rings. The molecule has 52 heavy (non-hydrogen) atoms. The van der Waals surface area contributed by atoms with E-state index in [9.17, 15) is 0 Å². The molecule has 5 rings (SSSR count). The average Bonchev–Trinajstić information content (AvgIpc) is 3.19. The fraction of sp³-hybridized carbons (Fsp3) is 0.208. The van der Waals surface area contributed by atoms with Crippen LogP contribution in [0.2, 0.25) is 0 Å². The van der Waals surface area contributed by atoms with Gasteiger partial charge < -0.3 is 9.47 Å². The lowest BCUT2D eigenvalue weighted by molar-refractivity contribution is 0.140. The van der Waals surface area contributed by atoms with Gasteiger partial charge in [0, 0.05) is 75.7 Å². The quantitative estimate of drug-likeness (QED) is 0.104. The van der Waals surface area contributed by atoms with Crippen LogP contribution in [0.15, 0.2) is 121 Å². The van der Waals surface area contributed by atoms with Gasteiger partial charge in [-0.25, -0.2) is 0 Å². The molecule has 0 heterocycles. The maximum absolute atomic E-state index is 5.48. The third-order valence-corrected chi connectivity index (χ3v) is 8.46. The highest BCUT2D eigenvalue weighted by Crippen LogP contribution is 2.17. The van der Waals surface area contributed by atoms with Crippen molar-refractivity contribution >= 4 is 0 Å². The van der Waals surface area contributed by atoms with Crippen LogP contribution in [0.1, 0.15) is 55.6 Å².